The summed E-state index contributed by atoms with van der Waals surface area (Å²) in [5.41, 5.74) is 5.84. The topological polar surface area (TPSA) is 45.2 Å². The minimum Gasteiger partial charge on any atom is -0.388 e. The highest BCUT2D eigenvalue weighted by atomic mass is 16.3. The maximum absolute atomic E-state index is 10.9. The van der Waals surface area contributed by atoms with E-state index in [9.17, 15) is 5.11 Å². The number of unbranched alkanes of at least 4 members (excludes halogenated alkanes) is 1. The summed E-state index contributed by atoms with van der Waals surface area (Å²) < 4.78 is 0. The van der Waals surface area contributed by atoms with Crippen LogP contribution in [0.4, 0.5) is 0 Å². The normalized spacial score (nSPS) is 15.9. The second-order valence-corrected chi connectivity index (χ2v) is 10.1. The Balaban J connectivity index is 0.00000150. The maximum atomic E-state index is 10.9. The number of hydrogen-bond acceptors (Lipinski definition) is 3. The first-order valence-electron chi connectivity index (χ1n) is 14.7. The second-order valence-electron chi connectivity index (χ2n) is 10.1. The molecule has 1 aliphatic rings. The van der Waals surface area contributed by atoms with E-state index in [1.54, 1.807) is 0 Å². The molecule has 1 aliphatic carbocycles. The van der Waals surface area contributed by atoms with Crippen LogP contribution in [0.15, 0.2) is 84.9 Å². The SMILES string of the molecule is C/C=C/N/C=C(\c1ccnc(CC2=C(CC)C=CC=CC2CC)c1)C(O)CC(C)C.C=CCCC.CCC. The Bertz CT molecular complexity index is 918. The van der Waals surface area contributed by atoms with Crippen molar-refractivity contribution in [2.45, 2.75) is 106 Å². The van der Waals surface area contributed by atoms with Gasteiger partial charge in [0.2, 0.25) is 0 Å². The molecule has 2 atom stereocenters. The van der Waals surface area contributed by atoms with E-state index in [0.29, 0.717) is 11.8 Å². The zero-order valence-corrected chi connectivity index (χ0v) is 25.6. The lowest BCUT2D eigenvalue weighted by molar-refractivity contribution is 0.203. The Kier molecular flexibility index (Phi) is 20.8. The Morgan fingerprint density at radius 1 is 1.16 bits per heavy atom. The Hall–Kier alpha value is -2.65. The molecule has 3 heteroatoms. The van der Waals surface area contributed by atoms with E-state index in [2.05, 4.69) is 95.7 Å². The van der Waals surface area contributed by atoms with Crippen LogP contribution in [0.5, 0.6) is 0 Å². The molecule has 1 aromatic heterocycles. The second kappa shape index (κ2) is 22.3. The van der Waals surface area contributed by atoms with E-state index in [1.807, 2.05) is 43.7 Å². The van der Waals surface area contributed by atoms with Gasteiger partial charge in [0.25, 0.3) is 0 Å². The smallest absolute Gasteiger partial charge is 0.0812 e. The third kappa shape index (κ3) is 14.3. The van der Waals surface area contributed by atoms with Crippen LogP contribution in [0.25, 0.3) is 5.57 Å². The third-order valence-electron chi connectivity index (χ3n) is 6.00. The number of hydrogen-bond donors (Lipinski definition) is 2. The van der Waals surface area contributed by atoms with Crippen LogP contribution < -0.4 is 5.32 Å². The lowest BCUT2D eigenvalue weighted by atomic mass is 9.87. The van der Waals surface area contributed by atoms with Gasteiger partial charge in [-0.15, -0.1) is 6.58 Å². The van der Waals surface area contributed by atoms with Crippen molar-refractivity contribution in [1.29, 1.82) is 0 Å². The highest BCUT2D eigenvalue weighted by Gasteiger charge is 2.18. The number of pyridine rings is 1. The molecule has 0 saturated heterocycles. The van der Waals surface area contributed by atoms with Crippen molar-refractivity contribution in [3.05, 3.63) is 96.2 Å². The first-order valence-corrected chi connectivity index (χ1v) is 14.7. The van der Waals surface area contributed by atoms with Gasteiger partial charge in [-0.05, 0) is 73.9 Å². The van der Waals surface area contributed by atoms with Crippen molar-refractivity contribution in [3.8, 4) is 0 Å². The van der Waals surface area contributed by atoms with Gasteiger partial charge in [0.15, 0.2) is 0 Å². The maximum Gasteiger partial charge on any atom is 0.0812 e. The van der Waals surface area contributed by atoms with Crippen LogP contribution in [0.2, 0.25) is 0 Å². The van der Waals surface area contributed by atoms with Gasteiger partial charge in [-0.2, -0.15) is 0 Å². The lowest BCUT2D eigenvalue weighted by Gasteiger charge is -2.20. The van der Waals surface area contributed by atoms with Gasteiger partial charge < -0.3 is 10.4 Å². The standard InChI is InChI=1S/C27H38N2O.C5H10.C3H8/c1-6-14-28-19-26(27(30)16-20(4)5)23-13-15-29-24(17-23)18-25-21(7-2)11-9-10-12-22(25)8-3;1-3-5-4-2;1-3-2/h6,9-15,17,19-21,27-28,30H,7-8,16,18H2,1-5H3;3H,1,4-5H2,2H3;3H2,1-2H3/b14-6+,26-19+;;. The van der Waals surface area contributed by atoms with E-state index < -0.39 is 6.10 Å². The van der Waals surface area contributed by atoms with Crippen molar-refractivity contribution in [2.75, 3.05) is 0 Å². The van der Waals surface area contributed by atoms with Gasteiger partial charge in [0, 0.05) is 30.1 Å². The molecule has 38 heavy (non-hydrogen) atoms. The van der Waals surface area contributed by atoms with Gasteiger partial charge >= 0.3 is 0 Å². The predicted molar refractivity (Wildman–Crippen MR) is 170 cm³/mol. The Morgan fingerprint density at radius 2 is 1.87 bits per heavy atom. The molecule has 3 nitrogen and oxygen atoms in total. The fourth-order valence-corrected chi connectivity index (χ4v) is 4.14. The van der Waals surface area contributed by atoms with Gasteiger partial charge in [-0.25, -0.2) is 0 Å². The van der Waals surface area contributed by atoms with Crippen LogP contribution >= 0.6 is 0 Å². The van der Waals surface area contributed by atoms with Gasteiger partial charge in [-0.3, -0.25) is 4.98 Å². The van der Waals surface area contributed by atoms with Crippen molar-refractivity contribution >= 4 is 5.57 Å². The average molecular weight is 521 g/mol. The highest BCUT2D eigenvalue weighted by Crippen LogP contribution is 2.30. The monoisotopic (exact) mass is 520 g/mol. The summed E-state index contributed by atoms with van der Waals surface area (Å²) >= 11 is 0. The quantitative estimate of drug-likeness (QED) is 0.270. The Morgan fingerprint density at radius 3 is 2.39 bits per heavy atom. The molecule has 212 valence electrons. The lowest BCUT2D eigenvalue weighted by Crippen LogP contribution is -2.15. The molecule has 2 N–H and O–H groups in total. The van der Waals surface area contributed by atoms with Crippen LogP contribution in [0.3, 0.4) is 0 Å². The molecule has 2 unspecified atom stereocenters. The molecular weight excluding hydrogens is 464 g/mol. The van der Waals surface area contributed by atoms with E-state index in [1.165, 1.54) is 24.0 Å². The molecular formula is C35H56N2O. The summed E-state index contributed by atoms with van der Waals surface area (Å²) in [4.78, 5) is 4.68. The minimum atomic E-state index is -0.518. The zero-order chi connectivity index (χ0) is 28.8. The van der Waals surface area contributed by atoms with Crippen LogP contribution in [0.1, 0.15) is 105 Å². The van der Waals surface area contributed by atoms with E-state index in [0.717, 1.165) is 48.9 Å². The first-order chi connectivity index (χ1) is 18.3. The summed E-state index contributed by atoms with van der Waals surface area (Å²) in [5, 5.41) is 14.0. The van der Waals surface area contributed by atoms with Crippen LogP contribution in [0, 0.1) is 11.8 Å². The Labute approximate surface area is 235 Å². The van der Waals surface area contributed by atoms with E-state index in [-0.39, 0.29) is 0 Å². The van der Waals surface area contributed by atoms with Crippen molar-refractivity contribution in [2.24, 2.45) is 11.8 Å². The molecule has 0 fully saturated rings. The van der Waals surface area contributed by atoms with Gasteiger partial charge in [0.05, 0.1) is 6.10 Å². The number of rotatable bonds is 12. The summed E-state index contributed by atoms with van der Waals surface area (Å²) in [6.07, 6.45) is 25.2. The molecule has 0 bridgehead atoms. The summed E-state index contributed by atoms with van der Waals surface area (Å²) in [6, 6.07) is 4.13. The van der Waals surface area contributed by atoms with Gasteiger partial charge in [-0.1, -0.05) is 103 Å². The fraction of sp³-hybridized carbons (Fsp3) is 0.514. The molecule has 2 rings (SSSR count). The molecule has 0 aromatic carbocycles. The molecule has 1 aromatic rings. The predicted octanol–water partition coefficient (Wildman–Crippen LogP) is 9.74. The number of allylic oxidation sites excluding steroid dienone is 8. The average Bonchev–Trinajstić information content (AvgIpc) is 3.09. The summed E-state index contributed by atoms with van der Waals surface area (Å²) in [5.74, 6) is 0.858. The molecule has 0 radical (unpaired) electrons. The molecule has 0 amide bonds. The van der Waals surface area contributed by atoms with Gasteiger partial charge in [0.1, 0.15) is 0 Å². The summed E-state index contributed by atoms with van der Waals surface area (Å²) in [7, 11) is 0. The van der Waals surface area contributed by atoms with Crippen molar-refractivity contribution in [3.63, 3.8) is 0 Å². The van der Waals surface area contributed by atoms with Crippen LogP contribution in [-0.4, -0.2) is 16.2 Å². The largest absolute Gasteiger partial charge is 0.388 e. The zero-order valence-electron chi connectivity index (χ0n) is 25.6. The van der Waals surface area contributed by atoms with E-state index in [4.69, 9.17) is 0 Å². The van der Waals surface area contributed by atoms with E-state index >= 15 is 0 Å². The molecule has 0 aliphatic heterocycles. The number of aromatic nitrogens is 1. The highest BCUT2D eigenvalue weighted by molar-refractivity contribution is 5.68. The van der Waals surface area contributed by atoms with Crippen molar-refractivity contribution in [1.82, 2.24) is 10.3 Å². The molecule has 0 saturated carbocycles. The fourth-order valence-electron chi connectivity index (χ4n) is 4.14. The minimum absolute atomic E-state index is 0.415. The number of aliphatic hydroxyl groups is 1. The third-order valence-corrected chi connectivity index (χ3v) is 6.00. The first kappa shape index (κ1) is 35.4. The number of nitrogens with zero attached hydrogens (tertiary/aromatic N) is 1. The molecule has 1 heterocycles. The molecule has 0 spiro atoms. The van der Waals surface area contributed by atoms with Crippen molar-refractivity contribution < 1.29 is 5.11 Å². The number of aliphatic hydroxyl groups excluding tert-OH is 1. The summed E-state index contributed by atoms with van der Waals surface area (Å²) in [6.45, 7) is 20.6. The number of nitrogens with one attached hydrogen (secondary N) is 1. The van der Waals surface area contributed by atoms with Crippen LogP contribution in [-0.2, 0) is 6.42 Å².